The number of anilines is 3. The van der Waals surface area contributed by atoms with Gasteiger partial charge < -0.3 is 15.1 Å². The van der Waals surface area contributed by atoms with E-state index in [-0.39, 0.29) is 11.8 Å². The zero-order valence-corrected chi connectivity index (χ0v) is 13.8. The highest BCUT2D eigenvalue weighted by molar-refractivity contribution is 5.97. The van der Waals surface area contributed by atoms with E-state index >= 15 is 0 Å². The molecule has 2 fully saturated rings. The first kappa shape index (κ1) is 15.1. The van der Waals surface area contributed by atoms with E-state index in [1.807, 2.05) is 18.2 Å². The molecule has 1 N–H and O–H groups in total. The molecule has 4 heteroatoms. The first-order valence-corrected chi connectivity index (χ1v) is 8.76. The normalized spacial score (nSPS) is 17.7. The summed E-state index contributed by atoms with van der Waals surface area (Å²) in [7, 11) is 0. The molecule has 2 aromatic rings. The Labute approximate surface area is 143 Å². The number of benzene rings is 2. The van der Waals surface area contributed by atoms with Gasteiger partial charge in [0.25, 0.3) is 0 Å². The summed E-state index contributed by atoms with van der Waals surface area (Å²) in [4.78, 5) is 16.9. The van der Waals surface area contributed by atoms with Gasteiger partial charge in [0.15, 0.2) is 0 Å². The van der Waals surface area contributed by atoms with Gasteiger partial charge in [-0.15, -0.1) is 0 Å². The molecule has 0 aromatic heterocycles. The number of hydrogen-bond donors (Lipinski definition) is 1. The molecule has 0 unspecified atom stereocenters. The molecule has 0 bridgehead atoms. The van der Waals surface area contributed by atoms with E-state index in [2.05, 4.69) is 51.5 Å². The second-order valence-electron chi connectivity index (χ2n) is 6.59. The third-order valence-electron chi connectivity index (χ3n) is 4.85. The minimum absolute atomic E-state index is 0.172. The van der Waals surface area contributed by atoms with Crippen molar-refractivity contribution in [3.8, 4) is 0 Å². The van der Waals surface area contributed by atoms with Gasteiger partial charge in [-0.3, -0.25) is 4.79 Å². The van der Waals surface area contributed by atoms with Crippen LogP contribution in [0.15, 0.2) is 54.6 Å². The zero-order valence-electron chi connectivity index (χ0n) is 13.8. The maximum atomic E-state index is 12.1. The minimum atomic E-state index is 0.172. The first-order valence-electron chi connectivity index (χ1n) is 8.76. The number of nitrogens with zero attached hydrogens (tertiary/aromatic N) is 2. The van der Waals surface area contributed by atoms with Crippen molar-refractivity contribution in [3.05, 3.63) is 54.6 Å². The van der Waals surface area contributed by atoms with Crippen LogP contribution in [0.4, 0.5) is 17.1 Å². The Bertz CT molecular complexity index is 704. The molecule has 4 rings (SSSR count). The van der Waals surface area contributed by atoms with Crippen molar-refractivity contribution in [1.82, 2.24) is 0 Å². The third-order valence-corrected chi connectivity index (χ3v) is 4.85. The number of carbonyl (C=O) groups is 1. The number of piperazine rings is 1. The summed E-state index contributed by atoms with van der Waals surface area (Å²) in [5.74, 6) is 0.401. The van der Waals surface area contributed by atoms with Crippen LogP contribution in [0.25, 0.3) is 0 Å². The molecule has 1 saturated heterocycles. The number of amides is 1. The third kappa shape index (κ3) is 3.23. The molecule has 0 atom stereocenters. The monoisotopic (exact) mass is 321 g/mol. The minimum Gasteiger partial charge on any atom is -0.368 e. The number of nitrogens with one attached hydrogen (secondary N) is 1. The number of carbonyl (C=O) groups excluding carboxylic acids is 1. The molecule has 2 aliphatic rings. The van der Waals surface area contributed by atoms with Crippen molar-refractivity contribution in [2.24, 2.45) is 5.92 Å². The molecular formula is C20H23N3O. The molecule has 1 heterocycles. The van der Waals surface area contributed by atoms with Gasteiger partial charge in [-0.25, -0.2) is 0 Å². The lowest BCUT2D eigenvalue weighted by Gasteiger charge is -2.38. The van der Waals surface area contributed by atoms with E-state index in [0.717, 1.165) is 50.4 Å². The highest BCUT2D eigenvalue weighted by atomic mass is 16.2. The predicted molar refractivity (Wildman–Crippen MR) is 98.7 cm³/mol. The Balaban J connectivity index is 1.44. The van der Waals surface area contributed by atoms with E-state index in [0.29, 0.717) is 0 Å². The smallest absolute Gasteiger partial charge is 0.227 e. The highest BCUT2D eigenvalue weighted by Crippen LogP contribution is 2.33. The largest absolute Gasteiger partial charge is 0.368 e. The van der Waals surface area contributed by atoms with Crippen LogP contribution in [0.5, 0.6) is 0 Å². The van der Waals surface area contributed by atoms with Crippen molar-refractivity contribution in [3.63, 3.8) is 0 Å². The fourth-order valence-electron chi connectivity index (χ4n) is 3.28. The number of rotatable bonds is 4. The molecule has 0 spiro atoms. The lowest BCUT2D eigenvalue weighted by atomic mass is 10.2. The van der Waals surface area contributed by atoms with Crippen molar-refractivity contribution < 1.29 is 4.79 Å². The van der Waals surface area contributed by atoms with Gasteiger partial charge in [-0.1, -0.05) is 30.3 Å². The van der Waals surface area contributed by atoms with Gasteiger partial charge in [0.05, 0.1) is 11.4 Å². The summed E-state index contributed by atoms with van der Waals surface area (Å²) in [5.41, 5.74) is 3.37. The molecule has 124 valence electrons. The van der Waals surface area contributed by atoms with Crippen LogP contribution in [0.1, 0.15) is 12.8 Å². The quantitative estimate of drug-likeness (QED) is 0.938. The van der Waals surface area contributed by atoms with Crippen LogP contribution in [-0.2, 0) is 4.79 Å². The summed E-state index contributed by atoms with van der Waals surface area (Å²) in [6.45, 7) is 3.92. The summed E-state index contributed by atoms with van der Waals surface area (Å²) in [5, 5.41) is 3.12. The Kier molecular flexibility index (Phi) is 4.11. The lowest BCUT2D eigenvalue weighted by molar-refractivity contribution is -0.117. The molecule has 1 saturated carbocycles. The van der Waals surface area contributed by atoms with E-state index < -0.39 is 0 Å². The molecule has 1 aliphatic heterocycles. The van der Waals surface area contributed by atoms with Crippen LogP contribution in [0.2, 0.25) is 0 Å². The second kappa shape index (κ2) is 6.56. The lowest BCUT2D eigenvalue weighted by Crippen LogP contribution is -2.46. The average Bonchev–Trinajstić information content (AvgIpc) is 3.48. The fourth-order valence-corrected chi connectivity index (χ4v) is 3.28. The van der Waals surface area contributed by atoms with E-state index in [1.54, 1.807) is 0 Å². The topological polar surface area (TPSA) is 35.6 Å². The van der Waals surface area contributed by atoms with Crippen molar-refractivity contribution in [1.29, 1.82) is 0 Å². The molecule has 24 heavy (non-hydrogen) atoms. The maximum Gasteiger partial charge on any atom is 0.227 e. The summed E-state index contributed by atoms with van der Waals surface area (Å²) < 4.78 is 0. The van der Waals surface area contributed by atoms with Crippen LogP contribution >= 0.6 is 0 Å². The summed E-state index contributed by atoms with van der Waals surface area (Å²) in [6.07, 6.45) is 2.06. The molecular weight excluding hydrogens is 298 g/mol. The van der Waals surface area contributed by atoms with E-state index in [9.17, 15) is 4.79 Å². The molecule has 1 amide bonds. The molecule has 1 aliphatic carbocycles. The van der Waals surface area contributed by atoms with Gasteiger partial charge in [0, 0.05) is 37.8 Å². The van der Waals surface area contributed by atoms with E-state index in [4.69, 9.17) is 0 Å². The predicted octanol–water partition coefficient (Wildman–Crippen LogP) is 3.36. The average molecular weight is 321 g/mol. The molecule has 0 radical (unpaired) electrons. The van der Waals surface area contributed by atoms with Gasteiger partial charge in [0.2, 0.25) is 5.91 Å². The Hall–Kier alpha value is -2.49. The van der Waals surface area contributed by atoms with Crippen molar-refractivity contribution in [2.45, 2.75) is 12.8 Å². The fraction of sp³-hybridized carbons (Fsp3) is 0.350. The van der Waals surface area contributed by atoms with Crippen LogP contribution in [0.3, 0.4) is 0 Å². The van der Waals surface area contributed by atoms with Gasteiger partial charge in [-0.2, -0.15) is 0 Å². The van der Waals surface area contributed by atoms with Crippen LogP contribution in [0, 0.1) is 5.92 Å². The van der Waals surface area contributed by atoms with Crippen LogP contribution in [-0.4, -0.2) is 32.1 Å². The number of para-hydroxylation sites is 3. The molecule has 4 nitrogen and oxygen atoms in total. The zero-order chi connectivity index (χ0) is 16.4. The standard InChI is InChI=1S/C20H23N3O/c24-20(16-10-11-16)21-18-8-4-5-9-19(18)23-14-12-22(13-15-23)17-6-2-1-3-7-17/h1-9,16H,10-15H2,(H,21,24). The first-order chi connectivity index (χ1) is 11.8. The Morgan fingerprint density at radius 1 is 0.833 bits per heavy atom. The molecule has 2 aromatic carbocycles. The second-order valence-corrected chi connectivity index (χ2v) is 6.59. The highest BCUT2D eigenvalue weighted by Gasteiger charge is 2.30. The van der Waals surface area contributed by atoms with Crippen molar-refractivity contribution >= 4 is 23.0 Å². The maximum absolute atomic E-state index is 12.1. The Morgan fingerprint density at radius 3 is 2.17 bits per heavy atom. The van der Waals surface area contributed by atoms with Crippen molar-refractivity contribution in [2.75, 3.05) is 41.3 Å². The van der Waals surface area contributed by atoms with Gasteiger partial charge in [0.1, 0.15) is 0 Å². The summed E-state index contributed by atoms with van der Waals surface area (Å²) in [6, 6.07) is 18.7. The van der Waals surface area contributed by atoms with Gasteiger partial charge >= 0.3 is 0 Å². The SMILES string of the molecule is O=C(Nc1ccccc1N1CCN(c2ccccc2)CC1)C1CC1. The Morgan fingerprint density at radius 2 is 1.46 bits per heavy atom. The number of hydrogen-bond acceptors (Lipinski definition) is 3. The van der Waals surface area contributed by atoms with Gasteiger partial charge in [-0.05, 0) is 37.1 Å². The van der Waals surface area contributed by atoms with Crippen LogP contribution < -0.4 is 15.1 Å². The summed E-state index contributed by atoms with van der Waals surface area (Å²) >= 11 is 0. The van der Waals surface area contributed by atoms with E-state index in [1.165, 1.54) is 5.69 Å².